The molecule has 1 atom stereocenters. The van der Waals surface area contributed by atoms with Crippen LogP contribution in [-0.2, 0) is 0 Å². The van der Waals surface area contributed by atoms with Crippen molar-refractivity contribution >= 4 is 0 Å². The van der Waals surface area contributed by atoms with Gasteiger partial charge in [0.1, 0.15) is 23.2 Å². The molecule has 164 valence electrons. The molecule has 30 heavy (non-hydrogen) atoms. The van der Waals surface area contributed by atoms with E-state index >= 15 is 0 Å². The third kappa shape index (κ3) is 7.19. The summed E-state index contributed by atoms with van der Waals surface area (Å²) in [5.74, 6) is 2.51. The average molecular weight is 412 g/mol. The summed E-state index contributed by atoms with van der Waals surface area (Å²) in [4.78, 5) is 0. The van der Waals surface area contributed by atoms with Crippen molar-refractivity contribution in [1.82, 2.24) is 0 Å². The third-order valence-corrected chi connectivity index (χ3v) is 5.68. The molecule has 0 fully saturated rings. The summed E-state index contributed by atoms with van der Waals surface area (Å²) < 4.78 is 16.9. The van der Waals surface area contributed by atoms with E-state index in [1.54, 1.807) is 14.2 Å². The molecule has 3 nitrogen and oxygen atoms in total. The van der Waals surface area contributed by atoms with Crippen molar-refractivity contribution in [3.63, 3.8) is 0 Å². The maximum Gasteiger partial charge on any atom is 0.149 e. The Morgan fingerprint density at radius 2 is 1.43 bits per heavy atom. The fourth-order valence-electron chi connectivity index (χ4n) is 3.86. The highest BCUT2D eigenvalue weighted by Gasteiger charge is 2.23. The number of benzene rings is 2. The molecule has 0 amide bonds. The Balaban J connectivity index is 1.84. The molecule has 2 aromatic rings. The van der Waals surface area contributed by atoms with E-state index in [0.717, 1.165) is 47.0 Å². The van der Waals surface area contributed by atoms with Gasteiger partial charge < -0.3 is 14.2 Å². The van der Waals surface area contributed by atoms with E-state index in [0.29, 0.717) is 0 Å². The van der Waals surface area contributed by atoms with Crippen molar-refractivity contribution in [3.05, 3.63) is 60.0 Å². The SMILES string of the molecule is [CH2+]C(c1ccc(OCCCCCCCCCC)cc1)c1c(C)cc(OC)cc1OC. The summed E-state index contributed by atoms with van der Waals surface area (Å²) in [6, 6.07) is 12.2. The Kier molecular flexibility index (Phi) is 10.5. The van der Waals surface area contributed by atoms with Crippen LogP contribution in [-0.4, -0.2) is 20.8 Å². The minimum absolute atomic E-state index is 0.0207. The van der Waals surface area contributed by atoms with E-state index in [-0.39, 0.29) is 5.92 Å². The van der Waals surface area contributed by atoms with Crippen molar-refractivity contribution in [3.8, 4) is 17.2 Å². The Hall–Kier alpha value is -2.29. The van der Waals surface area contributed by atoms with Gasteiger partial charge in [-0.15, -0.1) is 0 Å². The van der Waals surface area contributed by atoms with E-state index in [9.17, 15) is 0 Å². The molecule has 0 N–H and O–H groups in total. The standard InChI is InChI=1S/C27H39O3/c1-6-7-8-9-10-11-12-13-18-30-24-16-14-23(15-17-24)22(3)27-21(2)19-25(28-4)20-26(27)29-5/h14-17,19-20,22H,3,6-13,18H2,1-2,4-5H3/q+1. The summed E-state index contributed by atoms with van der Waals surface area (Å²) >= 11 is 0. The van der Waals surface area contributed by atoms with E-state index in [4.69, 9.17) is 14.2 Å². The van der Waals surface area contributed by atoms with Crippen molar-refractivity contribution in [1.29, 1.82) is 0 Å². The minimum atomic E-state index is -0.0207. The third-order valence-electron chi connectivity index (χ3n) is 5.68. The lowest BCUT2D eigenvalue weighted by Crippen LogP contribution is -2.04. The molecule has 0 aliphatic heterocycles. The van der Waals surface area contributed by atoms with Crippen LogP contribution in [0.4, 0.5) is 0 Å². The van der Waals surface area contributed by atoms with Gasteiger partial charge in [0, 0.05) is 17.2 Å². The lowest BCUT2D eigenvalue weighted by Gasteiger charge is -2.16. The smallest absolute Gasteiger partial charge is 0.149 e. The van der Waals surface area contributed by atoms with Gasteiger partial charge in [-0.25, -0.2) is 0 Å². The molecule has 1 unspecified atom stereocenters. The monoisotopic (exact) mass is 411 g/mol. The summed E-state index contributed by atoms with van der Waals surface area (Å²) in [6.45, 7) is 9.51. The molecule has 2 aromatic carbocycles. The van der Waals surface area contributed by atoms with Gasteiger partial charge in [-0.05, 0) is 37.1 Å². The highest BCUT2D eigenvalue weighted by molar-refractivity contribution is 5.52. The maximum absolute atomic E-state index is 5.93. The molecule has 3 heteroatoms. The average Bonchev–Trinajstić information content (AvgIpc) is 2.77. The van der Waals surface area contributed by atoms with Crippen molar-refractivity contribution in [2.24, 2.45) is 0 Å². The lowest BCUT2D eigenvalue weighted by atomic mass is 9.89. The molecule has 0 heterocycles. The first-order chi connectivity index (χ1) is 14.6. The minimum Gasteiger partial charge on any atom is -0.497 e. The fraction of sp³-hybridized carbons (Fsp3) is 0.519. The Morgan fingerprint density at radius 3 is 2.03 bits per heavy atom. The predicted molar refractivity (Wildman–Crippen MR) is 126 cm³/mol. The number of ether oxygens (including phenoxy) is 3. The van der Waals surface area contributed by atoms with Gasteiger partial charge in [0.25, 0.3) is 0 Å². The Bertz CT molecular complexity index is 737. The molecular weight excluding hydrogens is 372 g/mol. The van der Waals surface area contributed by atoms with E-state index in [1.807, 2.05) is 24.3 Å². The van der Waals surface area contributed by atoms with Crippen LogP contribution >= 0.6 is 0 Å². The van der Waals surface area contributed by atoms with Crippen LogP contribution in [0.3, 0.4) is 0 Å². The number of hydrogen-bond acceptors (Lipinski definition) is 3. The molecule has 0 aliphatic carbocycles. The number of unbranched alkanes of at least 4 members (excludes halogenated alkanes) is 7. The van der Waals surface area contributed by atoms with Crippen LogP contribution in [0.25, 0.3) is 0 Å². The zero-order chi connectivity index (χ0) is 21.8. The van der Waals surface area contributed by atoms with Gasteiger partial charge in [-0.2, -0.15) is 0 Å². The first-order valence-corrected chi connectivity index (χ1v) is 11.4. The van der Waals surface area contributed by atoms with E-state index in [2.05, 4.69) is 32.9 Å². The second-order valence-corrected chi connectivity index (χ2v) is 8.01. The summed E-state index contributed by atoms with van der Waals surface area (Å²) in [5.41, 5.74) is 3.34. The van der Waals surface area contributed by atoms with Crippen LogP contribution in [0.15, 0.2) is 36.4 Å². The molecule has 0 saturated heterocycles. The quantitative estimate of drug-likeness (QED) is 0.238. The van der Waals surface area contributed by atoms with Gasteiger partial charge >= 0.3 is 0 Å². The normalized spacial score (nSPS) is 11.9. The summed E-state index contributed by atoms with van der Waals surface area (Å²) in [6.07, 6.45) is 10.5. The van der Waals surface area contributed by atoms with E-state index < -0.39 is 0 Å². The molecule has 0 bridgehead atoms. The van der Waals surface area contributed by atoms with Gasteiger partial charge in [0.05, 0.1) is 27.8 Å². The highest BCUT2D eigenvalue weighted by atomic mass is 16.5. The molecule has 0 spiro atoms. The summed E-state index contributed by atoms with van der Waals surface area (Å²) in [5, 5.41) is 0. The van der Waals surface area contributed by atoms with Crippen LogP contribution in [0, 0.1) is 13.8 Å². The van der Waals surface area contributed by atoms with Crippen LogP contribution in [0.5, 0.6) is 17.2 Å². The molecule has 0 aromatic heterocycles. The van der Waals surface area contributed by atoms with Gasteiger partial charge in [-0.3, -0.25) is 0 Å². The van der Waals surface area contributed by atoms with Crippen molar-refractivity contribution < 1.29 is 14.2 Å². The zero-order valence-electron chi connectivity index (χ0n) is 19.3. The van der Waals surface area contributed by atoms with Crippen LogP contribution in [0.1, 0.15) is 80.9 Å². The maximum atomic E-state index is 5.93. The van der Waals surface area contributed by atoms with Crippen LogP contribution < -0.4 is 14.2 Å². The molecule has 0 aliphatic rings. The van der Waals surface area contributed by atoms with Crippen molar-refractivity contribution in [2.45, 2.75) is 71.1 Å². The zero-order valence-corrected chi connectivity index (χ0v) is 19.3. The first kappa shape index (κ1) is 24.0. The number of hydrogen-bond donors (Lipinski definition) is 0. The van der Waals surface area contributed by atoms with Gasteiger partial charge in [0.2, 0.25) is 0 Å². The van der Waals surface area contributed by atoms with E-state index in [1.165, 1.54) is 44.9 Å². The number of methoxy groups -OCH3 is 2. The highest BCUT2D eigenvalue weighted by Crippen LogP contribution is 2.37. The largest absolute Gasteiger partial charge is 0.497 e. The predicted octanol–water partition coefficient (Wildman–Crippen LogP) is 7.50. The molecular formula is C27H39O3+. The topological polar surface area (TPSA) is 27.7 Å². The van der Waals surface area contributed by atoms with Gasteiger partial charge in [0.15, 0.2) is 0 Å². The van der Waals surface area contributed by atoms with Crippen molar-refractivity contribution in [2.75, 3.05) is 20.8 Å². The molecule has 0 radical (unpaired) electrons. The second kappa shape index (κ2) is 13.1. The van der Waals surface area contributed by atoms with Crippen LogP contribution in [0.2, 0.25) is 0 Å². The molecule has 2 rings (SSSR count). The van der Waals surface area contributed by atoms with Gasteiger partial charge in [-0.1, -0.05) is 64.0 Å². The number of aryl methyl sites for hydroxylation is 1. The number of rotatable bonds is 14. The Morgan fingerprint density at radius 1 is 0.800 bits per heavy atom. The Labute approximate surface area is 183 Å². The molecule has 0 saturated carbocycles. The second-order valence-electron chi connectivity index (χ2n) is 8.01. The fourth-order valence-corrected chi connectivity index (χ4v) is 3.86. The lowest BCUT2D eigenvalue weighted by molar-refractivity contribution is 0.304. The summed E-state index contributed by atoms with van der Waals surface area (Å²) in [7, 11) is 3.36. The first-order valence-electron chi connectivity index (χ1n) is 11.4.